The number of halogens is 2. The maximum Gasteiger partial charge on any atom is 0.303 e. The lowest BCUT2D eigenvalue weighted by Gasteiger charge is -2.24. The Hall–Kier alpha value is -6.24. The number of aromatic nitrogens is 2. The van der Waals surface area contributed by atoms with Gasteiger partial charge in [0.05, 0.1) is 46.5 Å². The van der Waals surface area contributed by atoms with E-state index >= 15 is 0 Å². The van der Waals surface area contributed by atoms with Gasteiger partial charge in [-0.25, -0.2) is 9.97 Å². The average molecular weight is 1170 g/mol. The lowest BCUT2D eigenvalue weighted by molar-refractivity contribution is -0.139. The standard InChI is InChI=1S/2C35H36ClNO3S/c2*1-34(2,40)30-9-4-3-7-25(30)13-17-32(41-23-35(18-19-35)22-33(38)39)27-8-5-6-24(20-27)10-15-29-16-12-26-11-14-28(36)21-31(26)37-29/h2*3-12,14-16,20-21,32,40H,13,17-19,22-23H2,1-2H3,(H,38,39)/b2*15-10+/t2*32-/m11/s1. The van der Waals surface area contributed by atoms with Crippen LogP contribution >= 0.6 is 46.7 Å². The van der Waals surface area contributed by atoms with Crippen LogP contribution in [0, 0.1) is 10.8 Å². The Morgan fingerprint density at radius 2 is 0.915 bits per heavy atom. The molecule has 0 aliphatic heterocycles. The number of hydrogen-bond donors (Lipinski definition) is 4. The van der Waals surface area contributed by atoms with Gasteiger partial charge in [0.15, 0.2) is 0 Å². The second-order valence-electron chi connectivity index (χ2n) is 23.4. The lowest BCUT2D eigenvalue weighted by atomic mass is 9.90. The molecule has 10 rings (SSSR count). The van der Waals surface area contributed by atoms with E-state index in [1.165, 1.54) is 11.1 Å². The van der Waals surface area contributed by atoms with Gasteiger partial charge >= 0.3 is 11.9 Å². The molecular weight excluding hydrogens is 1100 g/mol. The van der Waals surface area contributed by atoms with E-state index in [4.69, 9.17) is 33.2 Å². The molecule has 2 saturated carbocycles. The third-order valence-electron chi connectivity index (χ3n) is 15.7. The molecule has 2 aliphatic carbocycles. The number of rotatable bonds is 24. The minimum Gasteiger partial charge on any atom is -0.481 e. The molecule has 0 spiro atoms. The van der Waals surface area contributed by atoms with Gasteiger partial charge in [-0.3, -0.25) is 9.59 Å². The van der Waals surface area contributed by atoms with Crippen molar-refractivity contribution in [1.29, 1.82) is 0 Å². The van der Waals surface area contributed by atoms with E-state index in [0.717, 1.165) is 129 Å². The summed E-state index contributed by atoms with van der Waals surface area (Å²) in [4.78, 5) is 32.5. The third-order valence-corrected chi connectivity index (χ3v) is 19.5. The topological polar surface area (TPSA) is 141 Å². The van der Waals surface area contributed by atoms with Gasteiger partial charge < -0.3 is 20.4 Å². The number of aliphatic carboxylic acids is 2. The molecule has 8 nitrogen and oxygen atoms in total. The first kappa shape index (κ1) is 60.4. The van der Waals surface area contributed by atoms with Crippen LogP contribution in [0.15, 0.2) is 158 Å². The van der Waals surface area contributed by atoms with Crippen LogP contribution in [0.2, 0.25) is 10.0 Å². The fourth-order valence-electron chi connectivity index (χ4n) is 10.7. The van der Waals surface area contributed by atoms with E-state index in [2.05, 4.69) is 84.9 Å². The maximum absolute atomic E-state index is 11.5. The highest BCUT2D eigenvalue weighted by atomic mass is 35.5. The molecule has 2 heterocycles. The highest BCUT2D eigenvalue weighted by molar-refractivity contribution is 7.99. The molecule has 4 N–H and O–H groups in total. The molecule has 12 heteroatoms. The van der Waals surface area contributed by atoms with Crippen molar-refractivity contribution in [2.75, 3.05) is 11.5 Å². The molecule has 6 aromatic carbocycles. The van der Waals surface area contributed by atoms with E-state index in [-0.39, 0.29) is 34.2 Å². The minimum absolute atomic E-state index is 0.0814. The number of aryl methyl sites for hydroxylation is 2. The number of carbonyl (C=O) groups is 2. The summed E-state index contributed by atoms with van der Waals surface area (Å²) < 4.78 is 0. The van der Waals surface area contributed by atoms with E-state index in [1.807, 2.05) is 148 Å². The molecule has 0 bridgehead atoms. The van der Waals surface area contributed by atoms with Crippen molar-refractivity contribution in [3.63, 3.8) is 0 Å². The molecule has 0 radical (unpaired) electrons. The molecule has 0 amide bonds. The van der Waals surface area contributed by atoms with E-state index in [1.54, 1.807) is 0 Å². The van der Waals surface area contributed by atoms with Gasteiger partial charge in [-0.05, 0) is 183 Å². The zero-order valence-corrected chi connectivity index (χ0v) is 50.2. The molecule has 424 valence electrons. The predicted molar refractivity (Wildman–Crippen MR) is 342 cm³/mol. The Labute approximate surface area is 501 Å². The fourth-order valence-corrected chi connectivity index (χ4v) is 14.2. The molecule has 2 atom stereocenters. The summed E-state index contributed by atoms with van der Waals surface area (Å²) in [5.74, 6) is 0.243. The van der Waals surface area contributed by atoms with Gasteiger partial charge in [-0.1, -0.05) is 157 Å². The van der Waals surface area contributed by atoms with Crippen molar-refractivity contribution in [2.45, 2.75) is 114 Å². The summed E-state index contributed by atoms with van der Waals surface area (Å²) in [6.45, 7) is 7.32. The first-order chi connectivity index (χ1) is 39.2. The second-order valence-corrected chi connectivity index (χ2v) is 26.7. The Morgan fingerprint density at radius 1 is 0.524 bits per heavy atom. The number of carboxylic acid groups (broad SMARTS) is 2. The van der Waals surface area contributed by atoms with E-state index in [0.29, 0.717) is 10.0 Å². The number of hydrogen-bond acceptors (Lipinski definition) is 8. The average Bonchev–Trinajstić information content (AvgIpc) is 4.56. The third kappa shape index (κ3) is 17.0. The lowest BCUT2D eigenvalue weighted by Crippen LogP contribution is -2.18. The fraction of sp³-hybridized carbons (Fsp3) is 0.314. The molecule has 0 unspecified atom stereocenters. The molecule has 0 saturated heterocycles. The smallest absolute Gasteiger partial charge is 0.303 e. The van der Waals surface area contributed by atoms with Crippen molar-refractivity contribution in [3.8, 4) is 0 Å². The van der Waals surface area contributed by atoms with Gasteiger partial charge in [-0.15, -0.1) is 0 Å². The Bertz CT molecular complexity index is 3380. The number of pyridine rings is 2. The Balaban J connectivity index is 0.000000198. The summed E-state index contributed by atoms with van der Waals surface area (Å²) in [6, 6.07) is 52.9. The summed E-state index contributed by atoms with van der Waals surface area (Å²) in [7, 11) is 0. The molecule has 2 aliphatic rings. The number of fused-ring (bicyclic) bond motifs is 2. The first-order valence-corrected chi connectivity index (χ1v) is 31.0. The van der Waals surface area contributed by atoms with Crippen molar-refractivity contribution < 1.29 is 30.0 Å². The van der Waals surface area contributed by atoms with Crippen LogP contribution in [-0.4, -0.2) is 53.8 Å². The van der Waals surface area contributed by atoms with E-state index in [9.17, 15) is 30.0 Å². The summed E-state index contributed by atoms with van der Waals surface area (Å²) >= 11 is 16.1. The minimum atomic E-state index is -0.911. The highest BCUT2D eigenvalue weighted by Crippen LogP contribution is 2.54. The maximum atomic E-state index is 11.5. The molecule has 2 fully saturated rings. The quantitative estimate of drug-likeness (QED) is 0.0462. The Kier molecular flexibility index (Phi) is 19.5. The summed E-state index contributed by atoms with van der Waals surface area (Å²) in [6.07, 6.45) is 16.0. The normalized spacial score (nSPS) is 15.3. The molecule has 2 aromatic heterocycles. The van der Waals surface area contributed by atoms with E-state index < -0.39 is 23.1 Å². The monoisotopic (exact) mass is 1170 g/mol. The zero-order chi connectivity index (χ0) is 58.1. The zero-order valence-electron chi connectivity index (χ0n) is 47.0. The second kappa shape index (κ2) is 26.6. The molecule has 8 aromatic rings. The van der Waals surface area contributed by atoms with Crippen LogP contribution in [0.3, 0.4) is 0 Å². The Morgan fingerprint density at radius 3 is 1.29 bits per heavy atom. The van der Waals surface area contributed by atoms with Crippen LogP contribution in [0.1, 0.15) is 145 Å². The summed E-state index contributed by atoms with van der Waals surface area (Å²) in [5.41, 5.74) is 10.3. The van der Waals surface area contributed by atoms with Crippen molar-refractivity contribution in [3.05, 3.63) is 224 Å². The largest absolute Gasteiger partial charge is 0.481 e. The van der Waals surface area contributed by atoms with Gasteiger partial charge in [0.25, 0.3) is 0 Å². The van der Waals surface area contributed by atoms with Gasteiger partial charge in [0.1, 0.15) is 0 Å². The highest BCUT2D eigenvalue weighted by Gasteiger charge is 2.45. The van der Waals surface area contributed by atoms with Crippen molar-refractivity contribution in [2.24, 2.45) is 10.8 Å². The number of thioether (sulfide) groups is 2. The van der Waals surface area contributed by atoms with Crippen LogP contribution in [0.5, 0.6) is 0 Å². The van der Waals surface area contributed by atoms with Crippen LogP contribution in [0.4, 0.5) is 0 Å². The summed E-state index contributed by atoms with van der Waals surface area (Å²) in [5, 5.41) is 44.2. The van der Waals surface area contributed by atoms with Crippen molar-refractivity contribution in [1.82, 2.24) is 9.97 Å². The van der Waals surface area contributed by atoms with Gasteiger partial charge in [-0.2, -0.15) is 23.5 Å². The number of benzene rings is 6. The van der Waals surface area contributed by atoms with Crippen LogP contribution < -0.4 is 0 Å². The molecular formula is C70H72Cl2N2O6S2. The molecule has 82 heavy (non-hydrogen) atoms. The predicted octanol–water partition coefficient (Wildman–Crippen LogP) is 17.9. The van der Waals surface area contributed by atoms with Crippen LogP contribution in [-0.2, 0) is 33.6 Å². The number of nitrogens with zero attached hydrogens (tertiary/aromatic N) is 2. The van der Waals surface area contributed by atoms with Gasteiger partial charge in [0.2, 0.25) is 0 Å². The number of aliphatic hydroxyl groups is 2. The SMILES string of the molecule is CC(C)(O)c1ccccc1CC[C@@H](SCC1(CC(=O)O)CC1)c1cccc(/C=C/c2ccc3ccc(Cl)cc3n2)c1.CC(C)(O)c1ccccc1CC[C@@H](SCC1(CC(=O)O)CC1)c1cccc(/C=C/c2ccc3ccc(Cl)cc3n2)c1. The van der Waals surface area contributed by atoms with Gasteiger partial charge in [0, 0.05) is 42.8 Å². The van der Waals surface area contributed by atoms with Crippen LogP contribution in [0.25, 0.3) is 46.1 Å². The first-order valence-electron chi connectivity index (χ1n) is 28.2. The van der Waals surface area contributed by atoms with Crippen molar-refractivity contribution >= 4 is 105 Å². The number of carboxylic acids is 2.